The lowest BCUT2D eigenvalue weighted by atomic mass is 10.1. The second-order valence-corrected chi connectivity index (χ2v) is 8.78. The van der Waals surface area contributed by atoms with Crippen LogP contribution in [0, 0.1) is 0 Å². The van der Waals surface area contributed by atoms with E-state index < -0.39 is 0 Å². The molecule has 1 aliphatic heterocycles. The number of carbonyl (C=O) groups excluding carboxylic acids is 1. The maximum atomic E-state index is 12.3. The van der Waals surface area contributed by atoms with Crippen molar-refractivity contribution in [3.8, 4) is 0 Å². The van der Waals surface area contributed by atoms with Gasteiger partial charge in [-0.2, -0.15) is 0 Å². The Bertz CT molecular complexity index is 464. The Hall–Kier alpha value is 0.250. The van der Waals surface area contributed by atoms with Gasteiger partial charge in [-0.15, -0.1) is 11.3 Å². The molecule has 0 amide bonds. The van der Waals surface area contributed by atoms with Crippen molar-refractivity contribution in [2.24, 2.45) is 0 Å². The number of ether oxygens (including phenoxy) is 1. The minimum absolute atomic E-state index is 0.176. The lowest BCUT2D eigenvalue weighted by Crippen LogP contribution is -2.42. The van der Waals surface area contributed by atoms with Crippen molar-refractivity contribution >= 4 is 49.0 Å². The van der Waals surface area contributed by atoms with Crippen molar-refractivity contribution in [3.63, 3.8) is 0 Å². The Balaban J connectivity index is 1.89. The summed E-state index contributed by atoms with van der Waals surface area (Å²) in [7, 11) is 0. The van der Waals surface area contributed by atoms with Crippen LogP contribution >= 0.6 is 43.2 Å². The fourth-order valence-corrected chi connectivity index (χ4v) is 5.25. The van der Waals surface area contributed by atoms with Crippen molar-refractivity contribution in [1.82, 2.24) is 4.90 Å². The van der Waals surface area contributed by atoms with Crippen LogP contribution in [0.5, 0.6) is 0 Å². The smallest absolute Gasteiger partial charge is 0.178 e. The summed E-state index contributed by atoms with van der Waals surface area (Å²) in [6.07, 6.45) is 3.55. The zero-order chi connectivity index (χ0) is 14.5. The third kappa shape index (κ3) is 4.63. The summed E-state index contributed by atoms with van der Waals surface area (Å²) in [6, 6.07) is 1.89. The molecule has 0 spiro atoms. The van der Waals surface area contributed by atoms with E-state index in [2.05, 4.69) is 43.7 Å². The van der Waals surface area contributed by atoms with Crippen molar-refractivity contribution in [2.45, 2.75) is 32.3 Å². The highest BCUT2D eigenvalue weighted by Gasteiger charge is 2.23. The first-order chi connectivity index (χ1) is 9.60. The molecule has 112 valence electrons. The van der Waals surface area contributed by atoms with Gasteiger partial charge in [-0.05, 0) is 63.7 Å². The molecule has 2 rings (SSSR count). The fraction of sp³-hybridized carbons (Fsp3) is 0.643. The molecule has 2 heterocycles. The number of nitrogens with zero attached hydrogens (tertiary/aromatic N) is 1. The molecular weight excluding hydrogens is 406 g/mol. The van der Waals surface area contributed by atoms with Crippen molar-refractivity contribution in [3.05, 3.63) is 19.2 Å². The second kappa shape index (κ2) is 8.03. The Labute approximate surface area is 140 Å². The number of piperidine rings is 1. The number of hydrogen-bond acceptors (Lipinski definition) is 4. The Kier molecular flexibility index (Phi) is 6.68. The number of hydrogen-bond donors (Lipinski definition) is 0. The van der Waals surface area contributed by atoms with Crippen LogP contribution < -0.4 is 0 Å². The Morgan fingerprint density at radius 3 is 3.00 bits per heavy atom. The molecule has 0 N–H and O–H groups in total. The number of Topliss-reactive ketones (excluding diaryl/α,β-unsaturated/α-hetero) is 1. The molecule has 3 nitrogen and oxygen atoms in total. The van der Waals surface area contributed by atoms with E-state index in [0.29, 0.717) is 6.54 Å². The van der Waals surface area contributed by atoms with Gasteiger partial charge in [-0.3, -0.25) is 9.69 Å². The molecule has 1 aromatic heterocycles. The lowest BCUT2D eigenvalue weighted by molar-refractivity contribution is 0.00130. The first-order valence-corrected chi connectivity index (χ1v) is 9.32. The molecule has 6 heteroatoms. The van der Waals surface area contributed by atoms with E-state index in [9.17, 15) is 4.79 Å². The van der Waals surface area contributed by atoms with Gasteiger partial charge in [0.1, 0.15) is 0 Å². The predicted octanol–water partition coefficient (Wildman–Crippen LogP) is 4.35. The number of thiophene rings is 1. The zero-order valence-electron chi connectivity index (χ0n) is 11.5. The molecule has 0 radical (unpaired) electrons. The molecule has 1 aromatic rings. The molecular formula is C14H19Br2NO2S. The molecule has 1 fully saturated rings. The third-order valence-corrected chi connectivity index (χ3v) is 5.68. The minimum Gasteiger partial charge on any atom is -0.377 e. The van der Waals surface area contributed by atoms with Gasteiger partial charge >= 0.3 is 0 Å². The number of halogens is 2. The summed E-state index contributed by atoms with van der Waals surface area (Å²) in [6.45, 7) is 5.27. The zero-order valence-corrected chi connectivity index (χ0v) is 15.5. The summed E-state index contributed by atoms with van der Waals surface area (Å²) in [5.41, 5.74) is 0.776. The van der Waals surface area contributed by atoms with Gasteiger partial charge in [0, 0.05) is 18.7 Å². The summed E-state index contributed by atoms with van der Waals surface area (Å²) in [4.78, 5) is 14.6. The van der Waals surface area contributed by atoms with Crippen LogP contribution in [0.2, 0.25) is 0 Å². The molecule has 0 aromatic carbocycles. The van der Waals surface area contributed by atoms with E-state index in [1.165, 1.54) is 0 Å². The predicted molar refractivity (Wildman–Crippen MR) is 89.8 cm³/mol. The molecule has 0 aliphatic carbocycles. The van der Waals surface area contributed by atoms with Gasteiger partial charge in [0.15, 0.2) is 5.78 Å². The van der Waals surface area contributed by atoms with Crippen molar-refractivity contribution in [1.29, 1.82) is 0 Å². The Morgan fingerprint density at radius 1 is 1.55 bits per heavy atom. The second-order valence-electron chi connectivity index (χ2n) is 5.03. The number of ketones is 1. The summed E-state index contributed by atoms with van der Waals surface area (Å²) in [5, 5.41) is 0. The quantitative estimate of drug-likeness (QED) is 0.635. The van der Waals surface area contributed by atoms with Gasteiger partial charge in [0.2, 0.25) is 0 Å². The monoisotopic (exact) mass is 423 g/mol. The summed E-state index contributed by atoms with van der Waals surface area (Å²) in [5.74, 6) is 0.176. The van der Waals surface area contributed by atoms with Gasteiger partial charge < -0.3 is 4.74 Å². The molecule has 1 unspecified atom stereocenters. The van der Waals surface area contributed by atoms with E-state index in [1.807, 2.05) is 6.07 Å². The average Bonchev–Trinajstić information content (AvgIpc) is 2.76. The minimum atomic E-state index is 0.176. The molecule has 1 aliphatic rings. The lowest BCUT2D eigenvalue weighted by Gasteiger charge is -2.32. The first-order valence-electron chi connectivity index (χ1n) is 6.92. The van der Waals surface area contributed by atoms with Crippen LogP contribution in [0.15, 0.2) is 13.6 Å². The number of carbonyl (C=O) groups is 1. The van der Waals surface area contributed by atoms with E-state index in [1.54, 1.807) is 11.3 Å². The van der Waals surface area contributed by atoms with Crippen molar-refractivity contribution < 1.29 is 9.53 Å². The SMILES string of the molecule is CCCOC1CCCN(CC(=O)c2cc(Br)sc2Br)C1. The normalized spacial score (nSPS) is 20.2. The van der Waals surface area contributed by atoms with Gasteiger partial charge in [0.25, 0.3) is 0 Å². The molecule has 1 saturated heterocycles. The van der Waals surface area contributed by atoms with Crippen LogP contribution in [-0.2, 0) is 4.74 Å². The van der Waals surface area contributed by atoms with E-state index >= 15 is 0 Å². The van der Waals surface area contributed by atoms with E-state index in [0.717, 1.165) is 52.1 Å². The van der Waals surface area contributed by atoms with Crippen LogP contribution in [0.25, 0.3) is 0 Å². The summed E-state index contributed by atoms with van der Waals surface area (Å²) < 4.78 is 7.70. The maximum Gasteiger partial charge on any atom is 0.178 e. The van der Waals surface area contributed by atoms with Crippen LogP contribution in [-0.4, -0.2) is 43.0 Å². The largest absolute Gasteiger partial charge is 0.377 e. The van der Waals surface area contributed by atoms with E-state index in [-0.39, 0.29) is 11.9 Å². The van der Waals surface area contributed by atoms with Gasteiger partial charge in [-0.1, -0.05) is 6.92 Å². The topological polar surface area (TPSA) is 29.5 Å². The number of rotatable bonds is 6. The highest BCUT2D eigenvalue weighted by Crippen LogP contribution is 2.32. The van der Waals surface area contributed by atoms with Gasteiger partial charge in [0.05, 0.1) is 20.2 Å². The van der Waals surface area contributed by atoms with Crippen LogP contribution in [0.1, 0.15) is 36.5 Å². The summed E-state index contributed by atoms with van der Waals surface area (Å²) >= 11 is 8.41. The van der Waals surface area contributed by atoms with Gasteiger partial charge in [-0.25, -0.2) is 0 Å². The van der Waals surface area contributed by atoms with E-state index in [4.69, 9.17) is 4.74 Å². The average molecular weight is 425 g/mol. The molecule has 0 bridgehead atoms. The highest BCUT2D eigenvalue weighted by atomic mass is 79.9. The Morgan fingerprint density at radius 2 is 2.35 bits per heavy atom. The van der Waals surface area contributed by atoms with Crippen LogP contribution in [0.4, 0.5) is 0 Å². The first kappa shape index (κ1) is 16.6. The number of likely N-dealkylation sites (tertiary alicyclic amines) is 1. The molecule has 20 heavy (non-hydrogen) atoms. The van der Waals surface area contributed by atoms with Crippen LogP contribution in [0.3, 0.4) is 0 Å². The molecule has 1 atom stereocenters. The third-order valence-electron chi connectivity index (χ3n) is 3.34. The van der Waals surface area contributed by atoms with Crippen molar-refractivity contribution in [2.75, 3.05) is 26.2 Å². The molecule has 0 saturated carbocycles. The highest BCUT2D eigenvalue weighted by molar-refractivity contribution is 9.12. The maximum absolute atomic E-state index is 12.3. The standard InChI is InChI=1S/C14H19Br2NO2S/c1-2-6-19-10-4-3-5-17(8-10)9-12(18)11-7-13(15)20-14(11)16/h7,10H,2-6,8-9H2,1H3. The fourth-order valence-electron chi connectivity index (χ4n) is 2.40.